The van der Waals surface area contributed by atoms with Crippen LogP contribution >= 0.6 is 0 Å². The molecule has 28 heavy (non-hydrogen) atoms. The summed E-state index contributed by atoms with van der Waals surface area (Å²) in [5.41, 5.74) is 6.19. The quantitative estimate of drug-likeness (QED) is 0.610. The number of hydrogen-bond donors (Lipinski definition) is 0. The van der Waals surface area contributed by atoms with Crippen molar-refractivity contribution in [1.82, 2.24) is 4.90 Å². The van der Waals surface area contributed by atoms with E-state index in [9.17, 15) is 0 Å². The van der Waals surface area contributed by atoms with Gasteiger partial charge in [0.1, 0.15) is 6.17 Å². The lowest BCUT2D eigenvalue weighted by molar-refractivity contribution is 0.333. The fourth-order valence-electron chi connectivity index (χ4n) is 4.12. The highest BCUT2D eigenvalue weighted by Gasteiger charge is 2.34. The standard InChI is InChI=1S/C25H35FN2/c1-17(2)20-8-7-9-23(13-20)28-15-24(25(26)16-28)22-11-19(14-27(5)6)10-21(12-22)18(3)4/h7-13,17-18,24-25H,14-16H2,1-6H3/t24?,25-/m1/s1. The van der Waals surface area contributed by atoms with E-state index in [0.29, 0.717) is 18.4 Å². The summed E-state index contributed by atoms with van der Waals surface area (Å²) in [4.78, 5) is 4.39. The first kappa shape index (κ1) is 20.9. The Balaban J connectivity index is 1.88. The summed E-state index contributed by atoms with van der Waals surface area (Å²) in [7, 11) is 4.16. The van der Waals surface area contributed by atoms with Gasteiger partial charge < -0.3 is 9.80 Å². The second kappa shape index (κ2) is 8.65. The zero-order chi connectivity index (χ0) is 20.4. The van der Waals surface area contributed by atoms with Crippen molar-refractivity contribution in [3.8, 4) is 0 Å². The maximum atomic E-state index is 15.1. The molecule has 152 valence electrons. The number of benzene rings is 2. The van der Waals surface area contributed by atoms with Crippen LogP contribution in [0.15, 0.2) is 42.5 Å². The maximum absolute atomic E-state index is 15.1. The molecule has 1 unspecified atom stereocenters. The fraction of sp³-hybridized carbons (Fsp3) is 0.520. The Morgan fingerprint density at radius 3 is 2.32 bits per heavy atom. The molecule has 1 heterocycles. The van der Waals surface area contributed by atoms with Gasteiger partial charge in [-0.2, -0.15) is 0 Å². The van der Waals surface area contributed by atoms with Gasteiger partial charge in [-0.25, -0.2) is 4.39 Å². The smallest absolute Gasteiger partial charge is 0.126 e. The van der Waals surface area contributed by atoms with Crippen molar-refractivity contribution in [3.05, 3.63) is 64.7 Å². The molecule has 0 aliphatic carbocycles. The molecular formula is C25H35FN2. The minimum absolute atomic E-state index is 0.0673. The van der Waals surface area contributed by atoms with Crippen LogP contribution in [0.3, 0.4) is 0 Å². The van der Waals surface area contributed by atoms with E-state index in [4.69, 9.17) is 0 Å². The second-order valence-corrected chi connectivity index (χ2v) is 9.18. The zero-order valence-corrected chi connectivity index (χ0v) is 18.2. The van der Waals surface area contributed by atoms with E-state index in [0.717, 1.165) is 24.3 Å². The number of hydrogen-bond acceptors (Lipinski definition) is 2. The summed E-state index contributed by atoms with van der Waals surface area (Å²) in [6, 6.07) is 15.3. The summed E-state index contributed by atoms with van der Waals surface area (Å²) in [5, 5.41) is 0. The lowest BCUT2D eigenvalue weighted by Crippen LogP contribution is -2.20. The summed E-state index contributed by atoms with van der Waals surface area (Å²) in [6.07, 6.45) is -0.836. The van der Waals surface area contributed by atoms with E-state index >= 15 is 4.39 Å². The van der Waals surface area contributed by atoms with Crippen molar-refractivity contribution in [3.63, 3.8) is 0 Å². The zero-order valence-electron chi connectivity index (χ0n) is 18.2. The van der Waals surface area contributed by atoms with E-state index in [1.54, 1.807) is 0 Å². The Labute approximate surface area is 170 Å². The van der Waals surface area contributed by atoms with Crippen molar-refractivity contribution in [2.75, 3.05) is 32.1 Å². The minimum Gasteiger partial charge on any atom is -0.368 e. The van der Waals surface area contributed by atoms with Crippen LogP contribution < -0.4 is 4.90 Å². The van der Waals surface area contributed by atoms with E-state index in [-0.39, 0.29) is 5.92 Å². The van der Waals surface area contributed by atoms with Gasteiger partial charge in [0.15, 0.2) is 0 Å². The molecular weight excluding hydrogens is 347 g/mol. The molecule has 2 aromatic rings. The first-order valence-corrected chi connectivity index (χ1v) is 10.5. The topological polar surface area (TPSA) is 6.48 Å². The van der Waals surface area contributed by atoms with Crippen molar-refractivity contribution >= 4 is 5.69 Å². The van der Waals surface area contributed by atoms with Gasteiger partial charge in [-0.15, -0.1) is 0 Å². The van der Waals surface area contributed by atoms with Gasteiger partial charge in [0.05, 0.1) is 0 Å². The van der Waals surface area contributed by atoms with Gasteiger partial charge in [-0.05, 0) is 60.3 Å². The van der Waals surface area contributed by atoms with Crippen molar-refractivity contribution < 1.29 is 4.39 Å². The summed E-state index contributed by atoms with van der Waals surface area (Å²) >= 11 is 0. The highest BCUT2D eigenvalue weighted by atomic mass is 19.1. The summed E-state index contributed by atoms with van der Waals surface area (Å²) in [5.74, 6) is 0.859. The Morgan fingerprint density at radius 2 is 1.68 bits per heavy atom. The largest absolute Gasteiger partial charge is 0.368 e. The number of alkyl halides is 1. The van der Waals surface area contributed by atoms with Gasteiger partial charge in [0.25, 0.3) is 0 Å². The highest BCUT2D eigenvalue weighted by Crippen LogP contribution is 2.35. The second-order valence-electron chi connectivity index (χ2n) is 9.18. The van der Waals surface area contributed by atoms with Crippen LogP contribution in [0.4, 0.5) is 10.1 Å². The Hall–Kier alpha value is -1.87. The van der Waals surface area contributed by atoms with Gasteiger partial charge in [-0.1, -0.05) is 58.0 Å². The third-order valence-electron chi connectivity index (χ3n) is 5.78. The van der Waals surface area contributed by atoms with Crippen LogP contribution in [0, 0.1) is 0 Å². The maximum Gasteiger partial charge on any atom is 0.126 e. The van der Waals surface area contributed by atoms with Crippen molar-refractivity contribution in [2.45, 2.75) is 58.2 Å². The van der Waals surface area contributed by atoms with E-state index in [1.165, 1.54) is 16.7 Å². The molecule has 1 aliphatic heterocycles. The number of anilines is 1. The monoisotopic (exact) mass is 382 g/mol. The molecule has 1 aliphatic rings. The lowest BCUT2D eigenvalue weighted by atomic mass is 9.90. The predicted octanol–water partition coefficient (Wildman–Crippen LogP) is 5.94. The SMILES string of the molecule is CC(C)c1cc(CN(C)C)cc(C2CN(c3cccc(C(C)C)c3)C[C@H]2F)c1. The number of nitrogens with zero attached hydrogens (tertiary/aromatic N) is 2. The molecule has 2 atom stereocenters. The Bertz CT molecular complexity index is 797. The molecule has 0 N–H and O–H groups in total. The van der Waals surface area contributed by atoms with E-state index in [2.05, 4.69) is 94.1 Å². The summed E-state index contributed by atoms with van der Waals surface area (Å²) < 4.78 is 15.1. The minimum atomic E-state index is -0.836. The molecule has 0 bridgehead atoms. The third-order valence-corrected chi connectivity index (χ3v) is 5.78. The predicted molar refractivity (Wildman–Crippen MR) is 118 cm³/mol. The van der Waals surface area contributed by atoms with Gasteiger partial charge >= 0.3 is 0 Å². The molecule has 3 rings (SSSR count). The lowest BCUT2D eigenvalue weighted by Gasteiger charge is -2.21. The fourth-order valence-corrected chi connectivity index (χ4v) is 4.12. The molecule has 0 radical (unpaired) electrons. The van der Waals surface area contributed by atoms with Crippen molar-refractivity contribution in [2.24, 2.45) is 0 Å². The van der Waals surface area contributed by atoms with E-state index < -0.39 is 6.17 Å². The number of rotatable bonds is 6. The van der Waals surface area contributed by atoms with Gasteiger partial charge in [-0.3, -0.25) is 0 Å². The first-order chi connectivity index (χ1) is 13.2. The Morgan fingerprint density at radius 1 is 0.964 bits per heavy atom. The molecule has 0 saturated carbocycles. The van der Waals surface area contributed by atoms with Crippen molar-refractivity contribution in [1.29, 1.82) is 0 Å². The highest BCUT2D eigenvalue weighted by molar-refractivity contribution is 5.52. The average Bonchev–Trinajstić information content (AvgIpc) is 3.02. The van der Waals surface area contributed by atoms with Crippen LogP contribution in [0.1, 0.15) is 67.7 Å². The van der Waals surface area contributed by atoms with E-state index in [1.807, 2.05) is 0 Å². The van der Waals surface area contributed by atoms with Crippen LogP contribution in [-0.4, -0.2) is 38.3 Å². The molecule has 3 heteroatoms. The van der Waals surface area contributed by atoms with Crippen LogP contribution in [0.25, 0.3) is 0 Å². The molecule has 1 fully saturated rings. The molecule has 2 nitrogen and oxygen atoms in total. The molecule has 0 spiro atoms. The third kappa shape index (κ3) is 4.75. The molecule has 1 saturated heterocycles. The average molecular weight is 383 g/mol. The van der Waals surface area contributed by atoms with Gasteiger partial charge in [0, 0.05) is 31.2 Å². The number of halogens is 1. The van der Waals surface area contributed by atoms with Gasteiger partial charge in [0.2, 0.25) is 0 Å². The Kier molecular flexibility index (Phi) is 6.44. The van der Waals surface area contributed by atoms with Crippen LogP contribution in [0.5, 0.6) is 0 Å². The van der Waals surface area contributed by atoms with Crippen LogP contribution in [0.2, 0.25) is 0 Å². The summed E-state index contributed by atoms with van der Waals surface area (Å²) in [6.45, 7) is 10.9. The molecule has 0 aromatic heterocycles. The normalized spacial score (nSPS) is 20.0. The van der Waals surface area contributed by atoms with Crippen LogP contribution in [-0.2, 0) is 6.54 Å². The first-order valence-electron chi connectivity index (χ1n) is 10.5. The molecule has 2 aromatic carbocycles. The molecule has 0 amide bonds.